The number of amides is 1. The lowest BCUT2D eigenvalue weighted by Crippen LogP contribution is -2.46. The summed E-state index contributed by atoms with van der Waals surface area (Å²) in [6, 6.07) is 3.23. The minimum atomic E-state index is -3.89. The predicted octanol–water partition coefficient (Wildman–Crippen LogP) is 3.01. The number of esters is 1. The highest BCUT2D eigenvalue weighted by Crippen LogP contribution is 2.34. The van der Waals surface area contributed by atoms with Crippen LogP contribution in [-0.4, -0.2) is 44.1 Å². The molecule has 1 atom stereocenters. The first-order valence-corrected chi connectivity index (χ1v) is 10.5. The largest absolute Gasteiger partial charge is 0.464 e. The van der Waals surface area contributed by atoms with Crippen LogP contribution in [0.15, 0.2) is 23.1 Å². The third-order valence-corrected chi connectivity index (χ3v) is 5.11. The fourth-order valence-electron chi connectivity index (χ4n) is 2.75. The van der Waals surface area contributed by atoms with Crippen molar-refractivity contribution in [2.75, 3.05) is 13.2 Å². The maximum Gasteiger partial charge on any atom is 0.411 e. The van der Waals surface area contributed by atoms with Gasteiger partial charge in [-0.1, -0.05) is 6.07 Å². The lowest BCUT2D eigenvalue weighted by molar-refractivity contribution is -0.150. The number of rotatable bonds is 3. The topological polar surface area (TPSA) is 90.0 Å². The molecule has 1 heterocycles. The van der Waals surface area contributed by atoms with E-state index in [1.165, 1.54) is 23.1 Å². The quantitative estimate of drug-likeness (QED) is 0.569. The molecule has 0 aliphatic carbocycles. The monoisotopic (exact) mass is 403 g/mol. The summed E-state index contributed by atoms with van der Waals surface area (Å²) < 4.78 is 33.6. The molecule has 1 aliphatic heterocycles. The van der Waals surface area contributed by atoms with Gasteiger partial charge >= 0.3 is 12.1 Å². The van der Waals surface area contributed by atoms with E-state index in [0.717, 1.165) is 0 Å². The lowest BCUT2D eigenvalue weighted by atomic mass is 9.93. The molecule has 1 unspecified atom stereocenters. The zero-order valence-electron chi connectivity index (χ0n) is 15.1. The molecule has 0 saturated heterocycles. The number of hydrogen-bond donors (Lipinski definition) is 0. The average Bonchev–Trinajstić information content (AvgIpc) is 2.50. The molecule has 0 bridgehead atoms. The van der Waals surface area contributed by atoms with Gasteiger partial charge in [0.15, 0.2) is 6.04 Å². The Morgan fingerprint density at radius 3 is 2.50 bits per heavy atom. The van der Waals surface area contributed by atoms with Crippen molar-refractivity contribution in [3.8, 4) is 0 Å². The SMILES string of the molecule is CCOC(=O)C1c2ccc(S(=O)(=O)Cl)cc2CCN1C(=O)OC(C)(C)C. The van der Waals surface area contributed by atoms with Crippen molar-refractivity contribution in [3.05, 3.63) is 29.3 Å². The van der Waals surface area contributed by atoms with Crippen LogP contribution in [0.5, 0.6) is 0 Å². The van der Waals surface area contributed by atoms with E-state index in [4.69, 9.17) is 20.2 Å². The standard InChI is InChI=1S/C17H22ClNO6S/c1-5-24-15(20)14-13-7-6-12(26(18,22)23)10-11(13)8-9-19(14)16(21)25-17(2,3)4/h6-7,10,14H,5,8-9H2,1-4H3. The molecule has 0 aromatic heterocycles. The lowest BCUT2D eigenvalue weighted by Gasteiger charge is -2.36. The van der Waals surface area contributed by atoms with Gasteiger partial charge < -0.3 is 9.47 Å². The van der Waals surface area contributed by atoms with E-state index in [1.54, 1.807) is 27.7 Å². The van der Waals surface area contributed by atoms with Gasteiger partial charge in [0.1, 0.15) is 5.60 Å². The van der Waals surface area contributed by atoms with Crippen molar-refractivity contribution in [2.24, 2.45) is 0 Å². The van der Waals surface area contributed by atoms with Crippen molar-refractivity contribution >= 4 is 31.8 Å². The Labute approximate surface area is 157 Å². The maximum atomic E-state index is 12.5. The second-order valence-electron chi connectivity index (χ2n) is 6.88. The molecule has 0 spiro atoms. The van der Waals surface area contributed by atoms with Crippen LogP contribution in [0.1, 0.15) is 44.9 Å². The first-order valence-electron chi connectivity index (χ1n) is 8.18. The Hall–Kier alpha value is -1.80. The molecule has 9 heteroatoms. The van der Waals surface area contributed by atoms with Gasteiger partial charge in [-0.05, 0) is 57.4 Å². The second kappa shape index (κ2) is 7.44. The first-order chi connectivity index (χ1) is 11.9. The Balaban J connectivity index is 2.46. The fourth-order valence-corrected chi connectivity index (χ4v) is 3.55. The summed E-state index contributed by atoms with van der Waals surface area (Å²) in [5, 5.41) is 0. The highest BCUT2D eigenvalue weighted by atomic mass is 35.7. The zero-order valence-corrected chi connectivity index (χ0v) is 16.7. The predicted molar refractivity (Wildman–Crippen MR) is 95.5 cm³/mol. The van der Waals surface area contributed by atoms with E-state index < -0.39 is 32.8 Å². The van der Waals surface area contributed by atoms with Gasteiger partial charge in [-0.25, -0.2) is 18.0 Å². The van der Waals surface area contributed by atoms with Crippen LogP contribution in [0.3, 0.4) is 0 Å². The third kappa shape index (κ3) is 4.67. The molecule has 0 N–H and O–H groups in total. The van der Waals surface area contributed by atoms with E-state index in [2.05, 4.69) is 0 Å². The van der Waals surface area contributed by atoms with Gasteiger partial charge in [0.05, 0.1) is 11.5 Å². The molecule has 1 aromatic rings. The number of carbonyl (C=O) groups is 2. The van der Waals surface area contributed by atoms with E-state index >= 15 is 0 Å². The molecule has 26 heavy (non-hydrogen) atoms. The number of carbonyl (C=O) groups excluding carboxylic acids is 2. The van der Waals surface area contributed by atoms with E-state index in [9.17, 15) is 18.0 Å². The number of benzene rings is 1. The summed E-state index contributed by atoms with van der Waals surface area (Å²) >= 11 is 0. The smallest absolute Gasteiger partial charge is 0.411 e. The molecule has 1 amide bonds. The van der Waals surface area contributed by atoms with Crippen LogP contribution < -0.4 is 0 Å². The van der Waals surface area contributed by atoms with Gasteiger partial charge in [0.25, 0.3) is 9.05 Å². The number of nitrogens with zero attached hydrogens (tertiary/aromatic N) is 1. The summed E-state index contributed by atoms with van der Waals surface area (Å²) in [6.07, 6.45) is -0.264. The van der Waals surface area contributed by atoms with Crippen LogP contribution in [0.2, 0.25) is 0 Å². The Morgan fingerprint density at radius 1 is 1.31 bits per heavy atom. The maximum absolute atomic E-state index is 12.5. The minimum Gasteiger partial charge on any atom is -0.464 e. The number of hydrogen-bond acceptors (Lipinski definition) is 6. The Kier molecular flexibility index (Phi) is 5.87. The number of fused-ring (bicyclic) bond motifs is 1. The molecule has 2 rings (SSSR count). The fraction of sp³-hybridized carbons (Fsp3) is 0.529. The molecule has 144 valence electrons. The molecular formula is C17H22ClNO6S. The molecule has 7 nitrogen and oxygen atoms in total. The zero-order chi connectivity index (χ0) is 19.7. The minimum absolute atomic E-state index is 0.0498. The summed E-state index contributed by atoms with van der Waals surface area (Å²) in [6.45, 7) is 7.22. The molecule has 0 fully saturated rings. The first kappa shape index (κ1) is 20.5. The van der Waals surface area contributed by atoms with Crippen molar-refractivity contribution in [1.29, 1.82) is 0 Å². The van der Waals surface area contributed by atoms with Crippen molar-refractivity contribution in [2.45, 2.75) is 50.7 Å². The Bertz CT molecular complexity index is 815. The van der Waals surface area contributed by atoms with Crippen LogP contribution in [0, 0.1) is 0 Å². The number of ether oxygens (including phenoxy) is 2. The molecule has 1 aromatic carbocycles. The normalized spacial score (nSPS) is 17.4. The third-order valence-electron chi connectivity index (χ3n) is 3.76. The van der Waals surface area contributed by atoms with E-state index in [1.807, 2.05) is 0 Å². The summed E-state index contributed by atoms with van der Waals surface area (Å²) in [5.74, 6) is -0.596. The Morgan fingerprint density at radius 2 is 1.96 bits per heavy atom. The summed E-state index contributed by atoms with van der Waals surface area (Å²) in [5.41, 5.74) is 0.418. The van der Waals surface area contributed by atoms with Gasteiger partial charge in [0, 0.05) is 17.2 Å². The van der Waals surface area contributed by atoms with E-state index in [-0.39, 0.29) is 18.0 Å². The highest BCUT2D eigenvalue weighted by molar-refractivity contribution is 8.13. The van der Waals surface area contributed by atoms with E-state index in [0.29, 0.717) is 17.5 Å². The molecule has 1 aliphatic rings. The molecule has 0 saturated carbocycles. The van der Waals surface area contributed by atoms with Crippen molar-refractivity contribution < 1.29 is 27.5 Å². The van der Waals surface area contributed by atoms with Crippen molar-refractivity contribution in [1.82, 2.24) is 4.90 Å². The number of halogens is 1. The summed E-state index contributed by atoms with van der Waals surface area (Å²) in [7, 11) is 1.51. The van der Waals surface area contributed by atoms with Crippen LogP contribution in [0.25, 0.3) is 0 Å². The van der Waals surface area contributed by atoms with Crippen LogP contribution in [0.4, 0.5) is 4.79 Å². The second-order valence-corrected chi connectivity index (χ2v) is 9.44. The van der Waals surface area contributed by atoms with Gasteiger partial charge in [-0.3, -0.25) is 4.90 Å². The average molecular weight is 404 g/mol. The van der Waals surface area contributed by atoms with Gasteiger partial charge in [-0.2, -0.15) is 0 Å². The highest BCUT2D eigenvalue weighted by Gasteiger charge is 2.39. The van der Waals surface area contributed by atoms with Crippen LogP contribution >= 0.6 is 10.7 Å². The van der Waals surface area contributed by atoms with Crippen LogP contribution in [-0.2, 0) is 29.7 Å². The van der Waals surface area contributed by atoms with Gasteiger partial charge in [0.2, 0.25) is 0 Å². The molecular weight excluding hydrogens is 382 g/mol. The molecule has 0 radical (unpaired) electrons. The summed E-state index contributed by atoms with van der Waals surface area (Å²) in [4.78, 5) is 26.3. The van der Waals surface area contributed by atoms with Crippen molar-refractivity contribution in [3.63, 3.8) is 0 Å². The van der Waals surface area contributed by atoms with Gasteiger partial charge in [-0.15, -0.1) is 0 Å².